The lowest BCUT2D eigenvalue weighted by molar-refractivity contribution is -0.115. The fourth-order valence-electron chi connectivity index (χ4n) is 2.19. The standard InChI is InChI=1S/C19H20N2O/c1-19(2,3)16-8-4-14(5-9-16)15-6-10-17(11-7-15)21-18(22)12-13-20/h4-11H,12H2,1-3H3,(H,21,22). The lowest BCUT2D eigenvalue weighted by Crippen LogP contribution is -2.10. The topological polar surface area (TPSA) is 52.9 Å². The van der Waals surface area contributed by atoms with Crippen molar-refractivity contribution in [3.05, 3.63) is 54.1 Å². The molecule has 0 heterocycles. The van der Waals surface area contributed by atoms with E-state index in [0.717, 1.165) is 11.1 Å². The Morgan fingerprint density at radius 2 is 1.50 bits per heavy atom. The second-order valence-electron chi connectivity index (χ2n) is 6.29. The average Bonchev–Trinajstić information content (AvgIpc) is 2.47. The van der Waals surface area contributed by atoms with Crippen LogP contribution in [-0.2, 0) is 10.2 Å². The number of nitriles is 1. The third-order valence-corrected chi connectivity index (χ3v) is 3.49. The highest BCUT2D eigenvalue weighted by molar-refractivity contribution is 5.92. The van der Waals surface area contributed by atoms with Gasteiger partial charge in [-0.05, 0) is 34.2 Å². The molecule has 0 bridgehead atoms. The van der Waals surface area contributed by atoms with E-state index >= 15 is 0 Å². The molecule has 0 unspecified atom stereocenters. The van der Waals surface area contributed by atoms with Crippen molar-refractivity contribution in [3.8, 4) is 17.2 Å². The number of nitrogens with zero attached hydrogens (tertiary/aromatic N) is 1. The zero-order valence-electron chi connectivity index (χ0n) is 13.2. The molecule has 0 radical (unpaired) electrons. The molecular formula is C19H20N2O. The first-order chi connectivity index (χ1) is 10.4. The van der Waals surface area contributed by atoms with Crippen molar-refractivity contribution in [2.24, 2.45) is 0 Å². The molecule has 3 nitrogen and oxygen atoms in total. The number of rotatable bonds is 3. The van der Waals surface area contributed by atoms with Gasteiger partial charge in [0.25, 0.3) is 0 Å². The van der Waals surface area contributed by atoms with Crippen LogP contribution in [0.5, 0.6) is 0 Å². The van der Waals surface area contributed by atoms with Crippen molar-refractivity contribution >= 4 is 11.6 Å². The minimum absolute atomic E-state index is 0.129. The van der Waals surface area contributed by atoms with Crippen LogP contribution in [0.2, 0.25) is 0 Å². The summed E-state index contributed by atoms with van der Waals surface area (Å²) in [5.41, 5.74) is 4.39. The van der Waals surface area contributed by atoms with Crippen molar-refractivity contribution in [2.75, 3.05) is 5.32 Å². The quantitative estimate of drug-likeness (QED) is 0.905. The molecule has 1 amide bonds. The molecule has 0 fully saturated rings. The normalized spacial score (nSPS) is 10.8. The third kappa shape index (κ3) is 3.95. The second-order valence-corrected chi connectivity index (χ2v) is 6.29. The number of nitrogens with one attached hydrogen (secondary N) is 1. The van der Waals surface area contributed by atoms with Crippen LogP contribution in [-0.4, -0.2) is 5.91 Å². The molecular weight excluding hydrogens is 272 g/mol. The summed E-state index contributed by atoms with van der Waals surface area (Å²) in [5, 5.41) is 11.2. The third-order valence-electron chi connectivity index (χ3n) is 3.49. The lowest BCUT2D eigenvalue weighted by Gasteiger charge is -2.19. The van der Waals surface area contributed by atoms with Gasteiger partial charge in [-0.1, -0.05) is 57.2 Å². The van der Waals surface area contributed by atoms with E-state index in [-0.39, 0.29) is 17.7 Å². The van der Waals surface area contributed by atoms with Gasteiger partial charge in [0.15, 0.2) is 0 Å². The predicted molar refractivity (Wildman–Crippen MR) is 89.4 cm³/mol. The summed E-state index contributed by atoms with van der Waals surface area (Å²) < 4.78 is 0. The van der Waals surface area contributed by atoms with Crippen LogP contribution in [0.25, 0.3) is 11.1 Å². The summed E-state index contributed by atoms with van der Waals surface area (Å²) in [6.07, 6.45) is -0.129. The van der Waals surface area contributed by atoms with E-state index in [1.165, 1.54) is 5.56 Å². The Balaban J connectivity index is 2.14. The maximum atomic E-state index is 11.4. The molecule has 0 aliphatic rings. The summed E-state index contributed by atoms with van der Waals surface area (Å²) >= 11 is 0. The largest absolute Gasteiger partial charge is 0.325 e. The zero-order valence-corrected chi connectivity index (χ0v) is 13.2. The van der Waals surface area contributed by atoms with Crippen LogP contribution >= 0.6 is 0 Å². The Kier molecular flexibility index (Phi) is 4.62. The van der Waals surface area contributed by atoms with E-state index in [4.69, 9.17) is 5.26 Å². The first-order valence-corrected chi connectivity index (χ1v) is 7.28. The lowest BCUT2D eigenvalue weighted by atomic mass is 9.86. The SMILES string of the molecule is CC(C)(C)c1ccc(-c2ccc(NC(=O)CC#N)cc2)cc1. The fourth-order valence-corrected chi connectivity index (χ4v) is 2.19. The molecule has 0 aliphatic carbocycles. The monoisotopic (exact) mass is 292 g/mol. The number of hydrogen-bond donors (Lipinski definition) is 1. The van der Waals surface area contributed by atoms with Crippen molar-refractivity contribution in [1.29, 1.82) is 5.26 Å². The molecule has 0 spiro atoms. The predicted octanol–water partition coefficient (Wildman–Crippen LogP) is 4.50. The van der Waals surface area contributed by atoms with Gasteiger partial charge in [0.2, 0.25) is 5.91 Å². The molecule has 2 aromatic carbocycles. The van der Waals surface area contributed by atoms with Crippen LogP contribution in [0.15, 0.2) is 48.5 Å². The van der Waals surface area contributed by atoms with Gasteiger partial charge >= 0.3 is 0 Å². The van der Waals surface area contributed by atoms with Crippen LogP contribution in [0, 0.1) is 11.3 Å². The van der Waals surface area contributed by atoms with Gasteiger partial charge in [-0.25, -0.2) is 0 Å². The first kappa shape index (κ1) is 15.8. The fraction of sp³-hybridized carbons (Fsp3) is 0.263. The summed E-state index contributed by atoms with van der Waals surface area (Å²) in [7, 11) is 0. The zero-order chi connectivity index (χ0) is 16.2. The van der Waals surface area contributed by atoms with Crippen LogP contribution < -0.4 is 5.32 Å². The summed E-state index contributed by atoms with van der Waals surface area (Å²) in [5.74, 6) is -0.287. The van der Waals surface area contributed by atoms with E-state index in [9.17, 15) is 4.79 Å². The molecule has 1 N–H and O–H groups in total. The number of amides is 1. The van der Waals surface area contributed by atoms with Gasteiger partial charge in [-0.3, -0.25) is 4.79 Å². The molecule has 0 saturated heterocycles. The first-order valence-electron chi connectivity index (χ1n) is 7.28. The minimum atomic E-state index is -0.287. The molecule has 2 aromatic rings. The molecule has 0 atom stereocenters. The van der Waals surface area contributed by atoms with Gasteiger partial charge in [0.1, 0.15) is 6.42 Å². The van der Waals surface area contributed by atoms with Gasteiger partial charge in [0.05, 0.1) is 6.07 Å². The van der Waals surface area contributed by atoms with Gasteiger partial charge in [-0.15, -0.1) is 0 Å². The number of carbonyl (C=O) groups is 1. The van der Waals surface area contributed by atoms with E-state index in [2.05, 4.69) is 50.4 Å². The highest BCUT2D eigenvalue weighted by Crippen LogP contribution is 2.26. The van der Waals surface area contributed by atoms with E-state index in [0.29, 0.717) is 5.69 Å². The van der Waals surface area contributed by atoms with Crippen molar-refractivity contribution in [3.63, 3.8) is 0 Å². The summed E-state index contributed by atoms with van der Waals surface area (Å²) in [6.45, 7) is 6.59. The Morgan fingerprint density at radius 3 is 1.95 bits per heavy atom. The Morgan fingerprint density at radius 1 is 1.00 bits per heavy atom. The molecule has 3 heteroatoms. The van der Waals surface area contributed by atoms with E-state index in [1.54, 1.807) is 0 Å². The number of anilines is 1. The van der Waals surface area contributed by atoms with Crippen LogP contribution in [0.4, 0.5) is 5.69 Å². The molecule has 0 aliphatic heterocycles. The van der Waals surface area contributed by atoms with E-state index < -0.39 is 0 Å². The number of hydrogen-bond acceptors (Lipinski definition) is 2. The van der Waals surface area contributed by atoms with Gasteiger partial charge < -0.3 is 5.32 Å². The number of benzene rings is 2. The van der Waals surface area contributed by atoms with Gasteiger partial charge in [-0.2, -0.15) is 5.26 Å². The molecule has 2 rings (SSSR count). The highest BCUT2D eigenvalue weighted by Gasteiger charge is 2.13. The van der Waals surface area contributed by atoms with Crippen molar-refractivity contribution in [1.82, 2.24) is 0 Å². The highest BCUT2D eigenvalue weighted by atomic mass is 16.1. The summed E-state index contributed by atoms with van der Waals surface area (Å²) in [6, 6.07) is 18.0. The van der Waals surface area contributed by atoms with E-state index in [1.807, 2.05) is 30.3 Å². The molecule has 22 heavy (non-hydrogen) atoms. The maximum absolute atomic E-state index is 11.4. The Hall–Kier alpha value is -2.60. The molecule has 0 saturated carbocycles. The second kappa shape index (κ2) is 6.44. The maximum Gasteiger partial charge on any atom is 0.238 e. The average molecular weight is 292 g/mol. The number of carbonyl (C=O) groups excluding carboxylic acids is 1. The van der Waals surface area contributed by atoms with Crippen LogP contribution in [0.3, 0.4) is 0 Å². The van der Waals surface area contributed by atoms with Gasteiger partial charge in [0, 0.05) is 5.69 Å². The smallest absolute Gasteiger partial charge is 0.238 e. The van der Waals surface area contributed by atoms with Crippen molar-refractivity contribution in [2.45, 2.75) is 32.6 Å². The molecule has 112 valence electrons. The molecule has 0 aromatic heterocycles. The van der Waals surface area contributed by atoms with Crippen molar-refractivity contribution < 1.29 is 4.79 Å². The summed E-state index contributed by atoms with van der Waals surface area (Å²) in [4.78, 5) is 11.4. The minimum Gasteiger partial charge on any atom is -0.325 e. The Bertz CT molecular complexity index is 686. The Labute approximate surface area is 131 Å². The van der Waals surface area contributed by atoms with Crippen LogP contribution in [0.1, 0.15) is 32.8 Å².